The predicted molar refractivity (Wildman–Crippen MR) is 73.1 cm³/mol. The Hall–Kier alpha value is -0.750. The van der Waals surface area contributed by atoms with Crippen LogP contribution in [0.4, 0.5) is 0 Å². The van der Waals surface area contributed by atoms with Crippen molar-refractivity contribution in [1.82, 2.24) is 0 Å². The van der Waals surface area contributed by atoms with Gasteiger partial charge in [0, 0.05) is 13.5 Å². The molecule has 5 heteroatoms. The molecule has 5 unspecified atom stereocenters. The molecule has 5 nitrogen and oxygen atoms in total. The smallest absolute Gasteiger partial charge is 0.186 e. The number of rotatable bonds is 7. The quantitative estimate of drug-likeness (QED) is 0.529. The summed E-state index contributed by atoms with van der Waals surface area (Å²) >= 11 is 0. The Labute approximate surface area is 120 Å². The van der Waals surface area contributed by atoms with Crippen LogP contribution in [-0.4, -0.2) is 43.8 Å². The van der Waals surface area contributed by atoms with E-state index in [-0.39, 0.29) is 24.2 Å². The molecule has 2 aliphatic rings. The highest BCUT2D eigenvalue weighted by atomic mass is 16.8. The number of ether oxygens (including phenoxy) is 4. The largest absolute Gasteiger partial charge is 0.353 e. The molecule has 2 heterocycles. The van der Waals surface area contributed by atoms with Gasteiger partial charge in [0.05, 0.1) is 6.10 Å². The average Bonchev–Trinajstić information content (AvgIpc) is 2.84. The highest BCUT2D eigenvalue weighted by Gasteiger charge is 2.55. The maximum absolute atomic E-state index is 10.8. The fourth-order valence-corrected chi connectivity index (χ4v) is 3.01. The lowest BCUT2D eigenvalue weighted by Crippen LogP contribution is -2.31. The van der Waals surface area contributed by atoms with Crippen LogP contribution in [0.2, 0.25) is 0 Å². The van der Waals surface area contributed by atoms with Gasteiger partial charge in [-0.1, -0.05) is 6.08 Å². The molecule has 2 fully saturated rings. The number of hydrogen-bond acceptors (Lipinski definition) is 5. The van der Waals surface area contributed by atoms with Crippen LogP contribution in [0.25, 0.3) is 0 Å². The van der Waals surface area contributed by atoms with Crippen molar-refractivity contribution >= 4 is 6.29 Å². The van der Waals surface area contributed by atoms with Gasteiger partial charge >= 0.3 is 0 Å². The number of hydrogen-bond donors (Lipinski definition) is 0. The summed E-state index contributed by atoms with van der Waals surface area (Å²) < 4.78 is 23.0. The van der Waals surface area contributed by atoms with Crippen molar-refractivity contribution in [3.8, 4) is 0 Å². The third-order valence-corrected chi connectivity index (χ3v) is 3.83. The van der Waals surface area contributed by atoms with Gasteiger partial charge in [0.15, 0.2) is 12.1 Å². The number of fused-ring (bicyclic) bond motifs is 1. The molecule has 0 aromatic heterocycles. The normalized spacial score (nSPS) is 36.5. The van der Waals surface area contributed by atoms with Crippen molar-refractivity contribution in [3.05, 3.63) is 12.7 Å². The Morgan fingerprint density at radius 3 is 2.60 bits per heavy atom. The van der Waals surface area contributed by atoms with E-state index in [9.17, 15) is 4.79 Å². The van der Waals surface area contributed by atoms with Crippen LogP contribution in [0.15, 0.2) is 12.7 Å². The third-order valence-electron chi connectivity index (χ3n) is 3.83. The van der Waals surface area contributed by atoms with Crippen molar-refractivity contribution in [1.29, 1.82) is 0 Å². The topological polar surface area (TPSA) is 54.0 Å². The van der Waals surface area contributed by atoms with Gasteiger partial charge in [-0.15, -0.1) is 6.58 Å². The van der Waals surface area contributed by atoms with Crippen molar-refractivity contribution in [2.45, 2.75) is 63.5 Å². The van der Waals surface area contributed by atoms with Gasteiger partial charge in [-0.3, -0.25) is 0 Å². The van der Waals surface area contributed by atoms with Crippen LogP contribution in [0.5, 0.6) is 0 Å². The first-order valence-electron chi connectivity index (χ1n) is 7.09. The maximum Gasteiger partial charge on any atom is 0.186 e. The molecule has 114 valence electrons. The Morgan fingerprint density at radius 1 is 1.30 bits per heavy atom. The van der Waals surface area contributed by atoms with Crippen LogP contribution in [0.1, 0.15) is 33.1 Å². The van der Waals surface area contributed by atoms with E-state index < -0.39 is 12.1 Å². The molecule has 0 spiro atoms. The molecule has 5 atom stereocenters. The Kier molecular flexibility index (Phi) is 4.96. The lowest BCUT2D eigenvalue weighted by atomic mass is 9.92. The summed E-state index contributed by atoms with van der Waals surface area (Å²) in [5.41, 5.74) is 0. The van der Waals surface area contributed by atoms with E-state index in [1.807, 2.05) is 19.9 Å². The van der Waals surface area contributed by atoms with E-state index in [0.717, 1.165) is 19.1 Å². The lowest BCUT2D eigenvalue weighted by Gasteiger charge is -2.25. The summed E-state index contributed by atoms with van der Waals surface area (Å²) in [6.07, 6.45) is 3.95. The van der Waals surface area contributed by atoms with E-state index in [2.05, 4.69) is 6.58 Å². The fraction of sp³-hybridized carbons (Fsp3) is 0.800. The van der Waals surface area contributed by atoms with E-state index in [4.69, 9.17) is 18.9 Å². The number of carbonyl (C=O) groups is 1. The first-order valence-corrected chi connectivity index (χ1v) is 7.09. The molecule has 0 saturated carbocycles. The third kappa shape index (κ3) is 3.28. The molecule has 0 bridgehead atoms. The Morgan fingerprint density at radius 2 is 2.00 bits per heavy atom. The van der Waals surface area contributed by atoms with Gasteiger partial charge < -0.3 is 23.7 Å². The van der Waals surface area contributed by atoms with Gasteiger partial charge in [-0.25, -0.2) is 0 Å². The molecule has 0 aromatic rings. The summed E-state index contributed by atoms with van der Waals surface area (Å²) in [6.45, 7) is 7.52. The van der Waals surface area contributed by atoms with Crippen molar-refractivity contribution < 1.29 is 23.7 Å². The van der Waals surface area contributed by atoms with Gasteiger partial charge in [-0.05, 0) is 32.6 Å². The van der Waals surface area contributed by atoms with Crippen molar-refractivity contribution in [2.24, 2.45) is 5.92 Å². The highest BCUT2D eigenvalue weighted by molar-refractivity contribution is 5.49. The zero-order valence-electron chi connectivity index (χ0n) is 12.4. The van der Waals surface area contributed by atoms with Crippen molar-refractivity contribution in [2.75, 3.05) is 7.11 Å². The number of aldehydes is 1. The molecule has 0 N–H and O–H groups in total. The van der Waals surface area contributed by atoms with Gasteiger partial charge in [-0.2, -0.15) is 0 Å². The molecule has 20 heavy (non-hydrogen) atoms. The molecule has 2 rings (SSSR count). The second kappa shape index (κ2) is 6.35. The van der Waals surface area contributed by atoms with Crippen LogP contribution < -0.4 is 0 Å². The zero-order valence-corrected chi connectivity index (χ0v) is 12.4. The molecule has 2 saturated heterocycles. The number of allylic oxidation sites excluding steroid dienone is 1. The lowest BCUT2D eigenvalue weighted by molar-refractivity contribution is -0.228. The minimum absolute atomic E-state index is 0.114. The SMILES string of the molecule is C=CCC(CC=O)CC1OC(OC)C2OC(C)(C)OC12. The minimum atomic E-state index is -0.618. The zero-order chi connectivity index (χ0) is 14.8. The highest BCUT2D eigenvalue weighted by Crippen LogP contribution is 2.41. The number of carbonyl (C=O) groups excluding carboxylic acids is 1. The Balaban J connectivity index is 2.04. The van der Waals surface area contributed by atoms with Crippen LogP contribution >= 0.6 is 0 Å². The van der Waals surface area contributed by atoms with Gasteiger partial charge in [0.2, 0.25) is 0 Å². The summed E-state index contributed by atoms with van der Waals surface area (Å²) in [5.74, 6) is -0.397. The monoisotopic (exact) mass is 284 g/mol. The summed E-state index contributed by atoms with van der Waals surface area (Å²) in [7, 11) is 1.60. The summed E-state index contributed by atoms with van der Waals surface area (Å²) in [4.78, 5) is 10.8. The molecule has 0 aromatic carbocycles. The molecular formula is C15H24O5. The minimum Gasteiger partial charge on any atom is -0.353 e. The van der Waals surface area contributed by atoms with Gasteiger partial charge in [0.1, 0.15) is 18.5 Å². The molecule has 0 aliphatic carbocycles. The fourth-order valence-electron chi connectivity index (χ4n) is 3.01. The Bertz CT molecular complexity index is 344. The first kappa shape index (κ1) is 15.6. The maximum atomic E-state index is 10.8. The number of methoxy groups -OCH3 is 1. The molecule has 0 amide bonds. The molecule has 0 radical (unpaired) electrons. The summed E-state index contributed by atoms with van der Waals surface area (Å²) in [6, 6.07) is 0. The standard InChI is InChI=1S/C15H24O5/c1-5-6-10(7-8-16)9-11-12-13(14(17-4)18-11)20-15(2,3)19-12/h5,8,10-14H,1,6-7,9H2,2-4H3. The van der Waals surface area contributed by atoms with E-state index in [0.29, 0.717) is 6.42 Å². The molecule has 2 aliphatic heterocycles. The van der Waals surface area contributed by atoms with E-state index >= 15 is 0 Å². The van der Waals surface area contributed by atoms with E-state index in [1.54, 1.807) is 7.11 Å². The predicted octanol–water partition coefficient (Wildman–Crippen LogP) is 2.05. The van der Waals surface area contributed by atoms with Crippen LogP contribution in [0, 0.1) is 5.92 Å². The van der Waals surface area contributed by atoms with E-state index in [1.165, 1.54) is 0 Å². The van der Waals surface area contributed by atoms with Crippen molar-refractivity contribution in [3.63, 3.8) is 0 Å². The van der Waals surface area contributed by atoms with Crippen LogP contribution in [-0.2, 0) is 23.7 Å². The first-order chi connectivity index (χ1) is 9.50. The molecular weight excluding hydrogens is 260 g/mol. The summed E-state index contributed by atoms with van der Waals surface area (Å²) in [5, 5.41) is 0. The second-order valence-electron chi connectivity index (χ2n) is 5.87. The van der Waals surface area contributed by atoms with Crippen LogP contribution in [0.3, 0.4) is 0 Å². The van der Waals surface area contributed by atoms with Gasteiger partial charge in [0.25, 0.3) is 0 Å². The second-order valence-corrected chi connectivity index (χ2v) is 5.87. The average molecular weight is 284 g/mol.